The SMILES string of the molecule is CCc1ccc(CN(C)C(=NC)NCCCOC2CCOCC2)cc1.I. The third-order valence-electron chi connectivity index (χ3n) is 4.55. The summed E-state index contributed by atoms with van der Waals surface area (Å²) in [5, 5.41) is 3.42. The van der Waals surface area contributed by atoms with Crippen molar-refractivity contribution in [3.8, 4) is 0 Å². The molecule has 0 amide bonds. The van der Waals surface area contributed by atoms with Gasteiger partial charge in [0.25, 0.3) is 0 Å². The zero-order chi connectivity index (χ0) is 17.9. The van der Waals surface area contributed by atoms with Gasteiger partial charge >= 0.3 is 0 Å². The summed E-state index contributed by atoms with van der Waals surface area (Å²) in [5.41, 5.74) is 2.67. The van der Waals surface area contributed by atoms with Crippen LogP contribution in [-0.4, -0.2) is 57.4 Å². The first-order chi connectivity index (χ1) is 12.2. The molecule has 0 radical (unpaired) electrons. The van der Waals surface area contributed by atoms with Crippen molar-refractivity contribution in [2.24, 2.45) is 4.99 Å². The third kappa shape index (κ3) is 8.22. The van der Waals surface area contributed by atoms with E-state index in [1.165, 1.54) is 11.1 Å². The Labute approximate surface area is 175 Å². The Kier molecular flexibility index (Phi) is 11.9. The second-order valence-electron chi connectivity index (χ2n) is 6.54. The van der Waals surface area contributed by atoms with Gasteiger partial charge in [-0.05, 0) is 36.8 Å². The molecule has 1 N–H and O–H groups in total. The third-order valence-corrected chi connectivity index (χ3v) is 4.55. The van der Waals surface area contributed by atoms with E-state index in [0.29, 0.717) is 6.10 Å². The normalized spacial score (nSPS) is 15.4. The highest BCUT2D eigenvalue weighted by molar-refractivity contribution is 14.0. The maximum Gasteiger partial charge on any atom is 0.193 e. The van der Waals surface area contributed by atoms with Crippen molar-refractivity contribution in [2.45, 2.75) is 45.3 Å². The Morgan fingerprint density at radius 1 is 1.23 bits per heavy atom. The van der Waals surface area contributed by atoms with E-state index in [1.54, 1.807) is 0 Å². The van der Waals surface area contributed by atoms with Crippen LogP contribution in [0.1, 0.15) is 37.3 Å². The molecule has 1 aliphatic rings. The first kappa shape index (κ1) is 23.2. The zero-order valence-electron chi connectivity index (χ0n) is 16.4. The Hall–Kier alpha value is -0.860. The number of hydrogen-bond acceptors (Lipinski definition) is 3. The summed E-state index contributed by atoms with van der Waals surface area (Å²) in [7, 11) is 3.90. The first-order valence-electron chi connectivity index (χ1n) is 9.42. The lowest BCUT2D eigenvalue weighted by Gasteiger charge is -2.24. The van der Waals surface area contributed by atoms with Gasteiger partial charge in [0.1, 0.15) is 0 Å². The minimum atomic E-state index is 0. The zero-order valence-corrected chi connectivity index (χ0v) is 18.7. The van der Waals surface area contributed by atoms with Crippen LogP contribution in [0, 0.1) is 0 Å². The van der Waals surface area contributed by atoms with Gasteiger partial charge < -0.3 is 19.7 Å². The fourth-order valence-electron chi connectivity index (χ4n) is 2.98. The molecule has 0 spiro atoms. The summed E-state index contributed by atoms with van der Waals surface area (Å²) in [4.78, 5) is 6.53. The molecule has 0 aromatic heterocycles. The Bertz CT molecular complexity index is 516. The number of aryl methyl sites for hydroxylation is 1. The largest absolute Gasteiger partial charge is 0.381 e. The Balaban J connectivity index is 0.00000338. The average molecular weight is 475 g/mol. The van der Waals surface area contributed by atoms with Crippen molar-refractivity contribution in [3.63, 3.8) is 0 Å². The minimum absolute atomic E-state index is 0. The second-order valence-corrected chi connectivity index (χ2v) is 6.54. The molecule has 26 heavy (non-hydrogen) atoms. The number of halogens is 1. The van der Waals surface area contributed by atoms with Crippen molar-refractivity contribution < 1.29 is 9.47 Å². The average Bonchev–Trinajstić information content (AvgIpc) is 2.66. The number of guanidine groups is 1. The van der Waals surface area contributed by atoms with Gasteiger partial charge in [0.05, 0.1) is 6.10 Å². The topological polar surface area (TPSA) is 46.1 Å². The molecule has 1 saturated heterocycles. The number of aliphatic imine (C=N–C) groups is 1. The molecular weight excluding hydrogens is 441 g/mol. The molecular formula is C20H34IN3O2. The molecule has 6 heteroatoms. The van der Waals surface area contributed by atoms with Crippen LogP contribution in [0.15, 0.2) is 29.3 Å². The van der Waals surface area contributed by atoms with Crippen LogP contribution in [0.25, 0.3) is 0 Å². The van der Waals surface area contributed by atoms with Crippen LogP contribution in [0.5, 0.6) is 0 Å². The fourth-order valence-corrected chi connectivity index (χ4v) is 2.98. The van der Waals surface area contributed by atoms with Gasteiger partial charge in [-0.15, -0.1) is 24.0 Å². The summed E-state index contributed by atoms with van der Waals surface area (Å²) >= 11 is 0. The lowest BCUT2D eigenvalue weighted by atomic mass is 10.1. The predicted molar refractivity (Wildman–Crippen MR) is 118 cm³/mol. The molecule has 0 aliphatic carbocycles. The summed E-state index contributed by atoms with van der Waals surface area (Å²) in [6.45, 7) is 6.35. The van der Waals surface area contributed by atoms with E-state index in [4.69, 9.17) is 9.47 Å². The molecule has 1 aromatic carbocycles. The van der Waals surface area contributed by atoms with Crippen LogP contribution in [0.3, 0.4) is 0 Å². The summed E-state index contributed by atoms with van der Waals surface area (Å²) in [6.07, 6.45) is 4.48. The molecule has 5 nitrogen and oxygen atoms in total. The summed E-state index contributed by atoms with van der Waals surface area (Å²) < 4.78 is 11.3. The molecule has 0 unspecified atom stereocenters. The maximum atomic E-state index is 5.90. The molecule has 2 rings (SSSR count). The summed E-state index contributed by atoms with van der Waals surface area (Å²) in [5.74, 6) is 0.922. The van der Waals surface area contributed by atoms with Crippen LogP contribution < -0.4 is 5.32 Å². The first-order valence-corrected chi connectivity index (χ1v) is 9.42. The maximum absolute atomic E-state index is 5.90. The van der Waals surface area contributed by atoms with E-state index in [9.17, 15) is 0 Å². The highest BCUT2D eigenvalue weighted by Crippen LogP contribution is 2.10. The van der Waals surface area contributed by atoms with Gasteiger partial charge in [0, 0.05) is 47.0 Å². The quantitative estimate of drug-likeness (QED) is 0.271. The molecule has 1 heterocycles. The summed E-state index contributed by atoms with van der Waals surface area (Å²) in [6, 6.07) is 8.80. The van der Waals surface area contributed by atoms with E-state index < -0.39 is 0 Å². The number of ether oxygens (including phenoxy) is 2. The Morgan fingerprint density at radius 2 is 1.88 bits per heavy atom. The highest BCUT2D eigenvalue weighted by Gasteiger charge is 2.13. The van der Waals surface area contributed by atoms with Gasteiger partial charge in [-0.25, -0.2) is 0 Å². The van der Waals surface area contributed by atoms with Gasteiger partial charge in [-0.1, -0.05) is 31.2 Å². The van der Waals surface area contributed by atoms with E-state index in [2.05, 4.69) is 53.4 Å². The molecule has 148 valence electrons. The highest BCUT2D eigenvalue weighted by atomic mass is 127. The van der Waals surface area contributed by atoms with Crippen LogP contribution in [0.4, 0.5) is 0 Å². The standard InChI is InChI=1S/C20H33N3O2.HI/c1-4-17-6-8-18(9-7-17)16-23(3)20(21-2)22-12-5-13-25-19-10-14-24-15-11-19;/h6-9,19H,4-5,10-16H2,1-3H3,(H,21,22);1H. The van der Waals surface area contributed by atoms with Crippen molar-refractivity contribution in [1.29, 1.82) is 0 Å². The van der Waals surface area contributed by atoms with Crippen LogP contribution in [-0.2, 0) is 22.4 Å². The number of hydrogen-bond donors (Lipinski definition) is 1. The second kappa shape index (κ2) is 13.3. The van der Waals surface area contributed by atoms with Crippen LogP contribution >= 0.6 is 24.0 Å². The van der Waals surface area contributed by atoms with E-state index in [0.717, 1.165) is 64.6 Å². The van der Waals surface area contributed by atoms with E-state index in [1.807, 2.05) is 7.05 Å². The molecule has 0 bridgehead atoms. The number of rotatable bonds is 8. The monoisotopic (exact) mass is 475 g/mol. The van der Waals surface area contributed by atoms with Gasteiger partial charge in [0.2, 0.25) is 0 Å². The fraction of sp³-hybridized carbons (Fsp3) is 0.650. The van der Waals surface area contributed by atoms with E-state index in [-0.39, 0.29) is 24.0 Å². The van der Waals surface area contributed by atoms with Crippen molar-refractivity contribution in [3.05, 3.63) is 35.4 Å². The number of benzene rings is 1. The lowest BCUT2D eigenvalue weighted by molar-refractivity contribution is -0.0320. The molecule has 0 saturated carbocycles. The molecule has 1 aromatic rings. The van der Waals surface area contributed by atoms with Gasteiger partial charge in [0.15, 0.2) is 5.96 Å². The molecule has 1 fully saturated rings. The number of nitrogens with zero attached hydrogens (tertiary/aromatic N) is 2. The molecule has 1 aliphatic heterocycles. The van der Waals surface area contributed by atoms with Crippen molar-refractivity contribution in [2.75, 3.05) is 40.5 Å². The van der Waals surface area contributed by atoms with Crippen molar-refractivity contribution >= 4 is 29.9 Å². The predicted octanol–water partition coefficient (Wildman–Crippen LogP) is 3.46. The minimum Gasteiger partial charge on any atom is -0.381 e. The molecule has 0 atom stereocenters. The van der Waals surface area contributed by atoms with Gasteiger partial charge in [-0.2, -0.15) is 0 Å². The van der Waals surface area contributed by atoms with Crippen molar-refractivity contribution in [1.82, 2.24) is 10.2 Å². The smallest absolute Gasteiger partial charge is 0.193 e. The number of nitrogens with one attached hydrogen (secondary N) is 1. The van der Waals surface area contributed by atoms with E-state index >= 15 is 0 Å². The Morgan fingerprint density at radius 3 is 2.50 bits per heavy atom. The van der Waals surface area contributed by atoms with Gasteiger partial charge in [-0.3, -0.25) is 4.99 Å². The lowest BCUT2D eigenvalue weighted by Crippen LogP contribution is -2.39. The van der Waals surface area contributed by atoms with Crippen LogP contribution in [0.2, 0.25) is 0 Å².